The molecule has 1 aliphatic rings. The van der Waals surface area contributed by atoms with Crippen LogP contribution in [0.3, 0.4) is 0 Å². The Balaban J connectivity index is 1.75. The van der Waals surface area contributed by atoms with Crippen LogP contribution in [0.25, 0.3) is 0 Å². The van der Waals surface area contributed by atoms with Crippen LogP contribution in [0.5, 0.6) is 0 Å². The molecule has 8 nitrogen and oxygen atoms in total. The predicted octanol–water partition coefficient (Wildman–Crippen LogP) is 4.31. The first-order chi connectivity index (χ1) is 19.7. The molecule has 3 aromatic rings. The number of carbonyl (C=O) groups excluding carboxylic acids is 2. The highest BCUT2D eigenvalue weighted by molar-refractivity contribution is 7.90. The number of nitrogens with one attached hydrogen (secondary N) is 1. The minimum atomic E-state index is -4.01. The van der Waals surface area contributed by atoms with Gasteiger partial charge < -0.3 is 10.2 Å². The van der Waals surface area contributed by atoms with Crippen molar-refractivity contribution >= 4 is 27.7 Å². The van der Waals surface area contributed by atoms with E-state index in [9.17, 15) is 18.0 Å². The maximum atomic E-state index is 14.3. The van der Waals surface area contributed by atoms with E-state index in [2.05, 4.69) is 5.32 Å². The molecule has 1 saturated carbocycles. The third kappa shape index (κ3) is 7.74. The second kappa shape index (κ2) is 13.8. The first kappa shape index (κ1) is 30.3. The molecule has 0 heterocycles. The summed E-state index contributed by atoms with van der Waals surface area (Å²) in [4.78, 5) is 29.8. The van der Waals surface area contributed by atoms with Gasteiger partial charge in [-0.05, 0) is 48.6 Å². The van der Waals surface area contributed by atoms with Crippen molar-refractivity contribution in [2.45, 2.75) is 57.7 Å². The lowest BCUT2D eigenvalue weighted by molar-refractivity contribution is -0.140. The van der Waals surface area contributed by atoms with Crippen molar-refractivity contribution in [2.24, 2.45) is 0 Å². The normalized spacial score (nSPS) is 14.5. The van der Waals surface area contributed by atoms with E-state index in [0.717, 1.165) is 51.0 Å². The fraction of sp³-hybridized carbons (Fsp3) is 0.375. The molecule has 218 valence electrons. The van der Waals surface area contributed by atoms with Crippen LogP contribution >= 0.6 is 0 Å². The van der Waals surface area contributed by atoms with Crippen molar-refractivity contribution in [1.29, 1.82) is 0 Å². The van der Waals surface area contributed by atoms with Crippen LogP contribution in [-0.2, 0) is 32.8 Å². The summed E-state index contributed by atoms with van der Waals surface area (Å²) in [6.07, 6.45) is 4.27. The van der Waals surface area contributed by atoms with Gasteiger partial charge in [-0.3, -0.25) is 9.59 Å². The molecule has 0 bridgehead atoms. The minimum Gasteiger partial charge on any atom is -0.352 e. The van der Waals surface area contributed by atoms with Gasteiger partial charge in [-0.25, -0.2) is 4.31 Å². The third-order valence-corrected chi connectivity index (χ3v) is 9.46. The Kier molecular flexibility index (Phi) is 10.2. The highest BCUT2D eigenvalue weighted by Gasteiger charge is 2.35. The molecule has 2 amide bonds. The zero-order valence-electron chi connectivity index (χ0n) is 24.1. The van der Waals surface area contributed by atoms with Crippen LogP contribution in [0.2, 0.25) is 0 Å². The second-order valence-electron chi connectivity index (χ2n) is 10.8. The smallest absolute Gasteiger partial charge is 0.304 e. The maximum absolute atomic E-state index is 14.3. The average Bonchev–Trinajstić information content (AvgIpc) is 3.48. The Hall–Kier alpha value is -3.69. The first-order valence-electron chi connectivity index (χ1n) is 14.1. The lowest BCUT2D eigenvalue weighted by Gasteiger charge is -2.35. The quantitative estimate of drug-likeness (QED) is 0.348. The molecule has 9 heteroatoms. The molecule has 3 aromatic carbocycles. The maximum Gasteiger partial charge on any atom is 0.304 e. The number of para-hydroxylation sites is 1. The van der Waals surface area contributed by atoms with E-state index >= 15 is 0 Å². The van der Waals surface area contributed by atoms with Gasteiger partial charge in [0.25, 0.3) is 0 Å². The van der Waals surface area contributed by atoms with Crippen LogP contribution in [-0.4, -0.2) is 62.2 Å². The van der Waals surface area contributed by atoms with Gasteiger partial charge in [0.1, 0.15) is 12.6 Å². The zero-order chi connectivity index (χ0) is 29.4. The Morgan fingerprint density at radius 2 is 1.46 bits per heavy atom. The molecule has 0 radical (unpaired) electrons. The van der Waals surface area contributed by atoms with Crippen LogP contribution in [0.4, 0.5) is 5.69 Å². The number of benzene rings is 3. The molecule has 1 aliphatic carbocycles. The molecule has 1 N–H and O–H groups in total. The number of anilines is 1. The van der Waals surface area contributed by atoms with Crippen molar-refractivity contribution in [2.75, 3.05) is 24.9 Å². The molecule has 0 aliphatic heterocycles. The summed E-state index contributed by atoms with van der Waals surface area (Å²) in [7, 11) is -1.13. The number of rotatable bonds is 12. The van der Waals surface area contributed by atoms with E-state index in [4.69, 9.17) is 0 Å². The van der Waals surface area contributed by atoms with Gasteiger partial charge in [0.15, 0.2) is 0 Å². The van der Waals surface area contributed by atoms with E-state index in [-0.39, 0.29) is 18.5 Å². The summed E-state index contributed by atoms with van der Waals surface area (Å²) in [6.45, 7) is 1.69. The molecule has 0 unspecified atom stereocenters. The monoisotopic (exact) mass is 576 g/mol. The van der Waals surface area contributed by atoms with E-state index in [1.807, 2.05) is 61.5 Å². The predicted molar refractivity (Wildman–Crippen MR) is 162 cm³/mol. The summed E-state index contributed by atoms with van der Waals surface area (Å²) in [6, 6.07) is 25.2. The summed E-state index contributed by atoms with van der Waals surface area (Å²) >= 11 is 0. The number of aryl methyl sites for hydroxylation is 1. The molecule has 0 spiro atoms. The standard InChI is InChI=1S/C32H40N4O4S/c1-25-14-10-11-17-27(25)23-35(31(37)24-36(41(39,40)34(2)3)29-20-8-5-9-21-29)30(22-26-15-6-4-7-16-26)32(38)33-28-18-12-13-19-28/h4-11,14-17,20-21,28,30H,12-13,18-19,22-24H2,1-3H3,(H,33,38)/t30-/m1/s1. The minimum absolute atomic E-state index is 0.0751. The molecule has 4 rings (SSSR count). The van der Waals surface area contributed by atoms with Gasteiger partial charge in [0, 0.05) is 33.1 Å². The van der Waals surface area contributed by atoms with Gasteiger partial charge in [-0.15, -0.1) is 0 Å². The van der Waals surface area contributed by atoms with Gasteiger partial charge in [0.05, 0.1) is 5.69 Å². The van der Waals surface area contributed by atoms with Gasteiger partial charge in [0.2, 0.25) is 11.8 Å². The number of hydrogen-bond acceptors (Lipinski definition) is 4. The van der Waals surface area contributed by atoms with Gasteiger partial charge >= 0.3 is 10.2 Å². The lowest BCUT2D eigenvalue weighted by Crippen LogP contribution is -2.55. The van der Waals surface area contributed by atoms with E-state index in [1.54, 1.807) is 35.2 Å². The van der Waals surface area contributed by atoms with Crippen molar-refractivity contribution in [3.8, 4) is 0 Å². The Labute approximate surface area is 244 Å². The topological polar surface area (TPSA) is 90.0 Å². The van der Waals surface area contributed by atoms with Crippen LogP contribution < -0.4 is 9.62 Å². The Morgan fingerprint density at radius 1 is 0.878 bits per heavy atom. The molecule has 0 aromatic heterocycles. The van der Waals surface area contributed by atoms with E-state index in [1.165, 1.54) is 14.1 Å². The SMILES string of the molecule is Cc1ccccc1CN(C(=O)CN(c1ccccc1)S(=O)(=O)N(C)C)[C@H](Cc1ccccc1)C(=O)NC1CCCC1. The summed E-state index contributed by atoms with van der Waals surface area (Å²) in [5.74, 6) is -0.672. The first-order valence-corrected chi connectivity index (χ1v) is 15.5. The highest BCUT2D eigenvalue weighted by Crippen LogP contribution is 2.23. The van der Waals surface area contributed by atoms with Crippen molar-refractivity contribution in [3.63, 3.8) is 0 Å². The van der Waals surface area contributed by atoms with Crippen molar-refractivity contribution < 1.29 is 18.0 Å². The van der Waals surface area contributed by atoms with Crippen LogP contribution in [0.15, 0.2) is 84.9 Å². The molecular weight excluding hydrogens is 536 g/mol. The third-order valence-electron chi connectivity index (χ3n) is 7.64. The number of amides is 2. The molecule has 1 atom stereocenters. The van der Waals surface area contributed by atoms with Crippen LogP contribution in [0.1, 0.15) is 42.4 Å². The molecule has 0 saturated heterocycles. The number of carbonyl (C=O) groups is 2. The Morgan fingerprint density at radius 3 is 2.07 bits per heavy atom. The van der Waals surface area contributed by atoms with Gasteiger partial charge in [-0.1, -0.05) is 85.6 Å². The second-order valence-corrected chi connectivity index (χ2v) is 12.8. The average molecular weight is 577 g/mol. The fourth-order valence-electron chi connectivity index (χ4n) is 5.20. The lowest BCUT2D eigenvalue weighted by atomic mass is 10.0. The summed E-state index contributed by atoms with van der Waals surface area (Å²) < 4.78 is 29.1. The zero-order valence-corrected chi connectivity index (χ0v) is 24.9. The van der Waals surface area contributed by atoms with Crippen molar-refractivity contribution in [1.82, 2.24) is 14.5 Å². The highest BCUT2D eigenvalue weighted by atomic mass is 32.2. The summed E-state index contributed by atoms with van der Waals surface area (Å²) in [5.41, 5.74) is 3.18. The molecular formula is C32H40N4O4S. The van der Waals surface area contributed by atoms with E-state index in [0.29, 0.717) is 12.1 Å². The fourth-order valence-corrected chi connectivity index (χ4v) is 6.26. The summed E-state index contributed by atoms with van der Waals surface area (Å²) in [5, 5.41) is 3.20. The molecule has 1 fully saturated rings. The van der Waals surface area contributed by atoms with Crippen molar-refractivity contribution in [3.05, 3.63) is 102 Å². The number of hydrogen-bond donors (Lipinski definition) is 1. The molecule has 41 heavy (non-hydrogen) atoms. The van der Waals surface area contributed by atoms with Gasteiger partial charge in [-0.2, -0.15) is 12.7 Å². The largest absolute Gasteiger partial charge is 0.352 e. The number of nitrogens with zero attached hydrogens (tertiary/aromatic N) is 3. The van der Waals surface area contributed by atoms with Crippen LogP contribution in [0, 0.1) is 6.92 Å². The Bertz CT molecular complexity index is 1410. The van der Waals surface area contributed by atoms with E-state index < -0.39 is 28.7 Å².